The molecule has 0 aromatic rings. The Balaban J connectivity index is 2.42. The molecule has 3 nitrogen and oxygen atoms in total. The molecular weight excluding hydrogens is 202 g/mol. The Hall–Kier alpha value is -0.860. The Labute approximate surface area is 97.8 Å². The molecule has 0 amide bonds. The standard InChI is InChI=1S/C13H23NO2/c1-4-7-13(3)8-10(9(13)2)11(14)5-6-12(15)16/h9-10,14H,4-8H2,1-3H3,(H,15,16). The fraction of sp³-hybridized carbons (Fsp3) is 0.846. The molecule has 0 aromatic heterocycles. The van der Waals surface area contributed by atoms with Crippen LogP contribution >= 0.6 is 0 Å². The number of carboxylic acids is 1. The first-order valence-corrected chi connectivity index (χ1v) is 6.20. The molecule has 0 aromatic carbocycles. The van der Waals surface area contributed by atoms with Crippen molar-refractivity contribution in [1.82, 2.24) is 0 Å². The molecule has 0 bridgehead atoms. The third-order valence-electron chi connectivity index (χ3n) is 4.27. The van der Waals surface area contributed by atoms with Crippen LogP contribution in [0.3, 0.4) is 0 Å². The van der Waals surface area contributed by atoms with Crippen molar-refractivity contribution in [1.29, 1.82) is 5.41 Å². The van der Waals surface area contributed by atoms with E-state index < -0.39 is 5.97 Å². The number of hydrogen-bond acceptors (Lipinski definition) is 2. The molecule has 3 heteroatoms. The lowest BCUT2D eigenvalue weighted by Crippen LogP contribution is -2.47. The Morgan fingerprint density at radius 3 is 2.56 bits per heavy atom. The van der Waals surface area contributed by atoms with E-state index in [0.29, 0.717) is 29.4 Å². The highest BCUT2D eigenvalue weighted by Crippen LogP contribution is 2.54. The molecule has 1 aliphatic carbocycles. The summed E-state index contributed by atoms with van der Waals surface area (Å²) in [4.78, 5) is 10.4. The molecule has 2 N–H and O–H groups in total. The number of hydrogen-bond donors (Lipinski definition) is 2. The second-order valence-corrected chi connectivity index (χ2v) is 5.42. The van der Waals surface area contributed by atoms with Gasteiger partial charge in [0, 0.05) is 11.6 Å². The van der Waals surface area contributed by atoms with E-state index in [2.05, 4.69) is 20.8 Å². The molecular formula is C13H23NO2. The molecule has 16 heavy (non-hydrogen) atoms. The molecule has 0 aliphatic heterocycles. The van der Waals surface area contributed by atoms with Gasteiger partial charge in [-0.2, -0.15) is 0 Å². The molecule has 92 valence electrons. The molecule has 0 radical (unpaired) electrons. The lowest BCUT2D eigenvalue weighted by atomic mass is 9.52. The Morgan fingerprint density at radius 2 is 2.12 bits per heavy atom. The van der Waals surface area contributed by atoms with Crippen LogP contribution in [0.25, 0.3) is 0 Å². The Kier molecular flexibility index (Phi) is 4.11. The third-order valence-corrected chi connectivity index (χ3v) is 4.27. The van der Waals surface area contributed by atoms with Crippen molar-refractivity contribution in [2.75, 3.05) is 0 Å². The molecule has 3 unspecified atom stereocenters. The minimum Gasteiger partial charge on any atom is -0.481 e. The molecule has 0 heterocycles. The summed E-state index contributed by atoms with van der Waals surface area (Å²) < 4.78 is 0. The highest BCUT2D eigenvalue weighted by Gasteiger charge is 2.48. The van der Waals surface area contributed by atoms with E-state index in [4.69, 9.17) is 10.5 Å². The van der Waals surface area contributed by atoms with Crippen LogP contribution in [0.4, 0.5) is 0 Å². The topological polar surface area (TPSA) is 61.2 Å². The highest BCUT2D eigenvalue weighted by molar-refractivity contribution is 5.87. The number of nitrogens with one attached hydrogen (secondary N) is 1. The molecule has 0 saturated heterocycles. The fourth-order valence-electron chi connectivity index (χ4n) is 2.94. The van der Waals surface area contributed by atoms with Crippen LogP contribution in [0.2, 0.25) is 0 Å². The molecule has 1 rings (SSSR count). The molecule has 1 saturated carbocycles. The summed E-state index contributed by atoms with van der Waals surface area (Å²) in [6.45, 7) is 6.70. The maximum Gasteiger partial charge on any atom is 0.303 e. The maximum absolute atomic E-state index is 10.4. The van der Waals surface area contributed by atoms with E-state index in [0.717, 1.165) is 6.42 Å². The van der Waals surface area contributed by atoms with Crippen molar-refractivity contribution in [3.8, 4) is 0 Å². The minimum absolute atomic E-state index is 0.104. The van der Waals surface area contributed by atoms with E-state index in [-0.39, 0.29) is 6.42 Å². The van der Waals surface area contributed by atoms with E-state index in [1.807, 2.05) is 0 Å². The smallest absolute Gasteiger partial charge is 0.303 e. The number of rotatable bonds is 6. The van der Waals surface area contributed by atoms with Crippen LogP contribution in [0.5, 0.6) is 0 Å². The minimum atomic E-state index is -0.798. The van der Waals surface area contributed by atoms with E-state index in [1.54, 1.807) is 0 Å². The van der Waals surface area contributed by atoms with Gasteiger partial charge in [0.25, 0.3) is 0 Å². The zero-order chi connectivity index (χ0) is 12.3. The predicted octanol–water partition coefficient (Wildman–Crippen LogP) is 3.33. The van der Waals surface area contributed by atoms with Gasteiger partial charge in [-0.25, -0.2) is 0 Å². The SMILES string of the molecule is CCCC1(C)CC(C(=N)CCC(=O)O)C1C. The van der Waals surface area contributed by atoms with Crippen LogP contribution in [-0.2, 0) is 4.79 Å². The van der Waals surface area contributed by atoms with Gasteiger partial charge >= 0.3 is 5.97 Å². The lowest BCUT2D eigenvalue weighted by molar-refractivity contribution is -0.136. The number of aliphatic carboxylic acids is 1. The number of carbonyl (C=O) groups is 1. The zero-order valence-corrected chi connectivity index (χ0v) is 10.5. The van der Waals surface area contributed by atoms with E-state index >= 15 is 0 Å². The first kappa shape index (κ1) is 13.2. The van der Waals surface area contributed by atoms with E-state index in [9.17, 15) is 4.79 Å². The molecule has 1 fully saturated rings. The van der Waals surface area contributed by atoms with Crippen LogP contribution in [-0.4, -0.2) is 16.8 Å². The van der Waals surface area contributed by atoms with Crippen LogP contribution in [0.15, 0.2) is 0 Å². The van der Waals surface area contributed by atoms with Gasteiger partial charge < -0.3 is 10.5 Å². The summed E-state index contributed by atoms with van der Waals surface area (Å²) in [6.07, 6.45) is 4.01. The first-order valence-electron chi connectivity index (χ1n) is 6.20. The lowest BCUT2D eigenvalue weighted by Gasteiger charge is -2.52. The van der Waals surface area contributed by atoms with Gasteiger partial charge in [-0.05, 0) is 30.6 Å². The normalized spacial score (nSPS) is 33.2. The summed E-state index contributed by atoms with van der Waals surface area (Å²) >= 11 is 0. The summed E-state index contributed by atoms with van der Waals surface area (Å²) in [6, 6.07) is 0. The van der Waals surface area contributed by atoms with Crippen LogP contribution in [0.1, 0.15) is 52.9 Å². The van der Waals surface area contributed by atoms with Gasteiger partial charge in [0.1, 0.15) is 0 Å². The third kappa shape index (κ3) is 2.63. The molecule has 0 spiro atoms. The first-order chi connectivity index (χ1) is 7.40. The van der Waals surface area contributed by atoms with E-state index in [1.165, 1.54) is 12.8 Å². The quantitative estimate of drug-likeness (QED) is 0.681. The van der Waals surface area contributed by atoms with Gasteiger partial charge in [0.15, 0.2) is 0 Å². The Bertz CT molecular complexity index is 288. The maximum atomic E-state index is 10.4. The number of carboxylic acid groups (broad SMARTS) is 1. The summed E-state index contributed by atoms with van der Waals surface area (Å²) in [7, 11) is 0. The monoisotopic (exact) mass is 225 g/mol. The summed E-state index contributed by atoms with van der Waals surface area (Å²) in [5.74, 6) is 0.0673. The Morgan fingerprint density at radius 1 is 1.50 bits per heavy atom. The van der Waals surface area contributed by atoms with Gasteiger partial charge in [-0.1, -0.05) is 27.2 Å². The average Bonchev–Trinajstić information content (AvgIpc) is 2.22. The fourth-order valence-corrected chi connectivity index (χ4v) is 2.94. The largest absolute Gasteiger partial charge is 0.481 e. The molecule has 3 atom stereocenters. The van der Waals surface area contributed by atoms with Gasteiger partial charge in [0.2, 0.25) is 0 Å². The van der Waals surface area contributed by atoms with Crippen molar-refractivity contribution in [3.63, 3.8) is 0 Å². The van der Waals surface area contributed by atoms with Gasteiger partial charge in [-0.15, -0.1) is 0 Å². The van der Waals surface area contributed by atoms with Crippen LogP contribution in [0, 0.1) is 22.7 Å². The second-order valence-electron chi connectivity index (χ2n) is 5.42. The van der Waals surface area contributed by atoms with Crippen molar-refractivity contribution in [3.05, 3.63) is 0 Å². The summed E-state index contributed by atoms with van der Waals surface area (Å²) in [5.41, 5.74) is 1.03. The van der Waals surface area contributed by atoms with Crippen molar-refractivity contribution in [2.45, 2.75) is 52.9 Å². The van der Waals surface area contributed by atoms with Crippen molar-refractivity contribution < 1.29 is 9.90 Å². The van der Waals surface area contributed by atoms with Crippen molar-refractivity contribution in [2.24, 2.45) is 17.3 Å². The second kappa shape index (κ2) is 4.98. The summed E-state index contributed by atoms with van der Waals surface area (Å²) in [5, 5.41) is 16.5. The highest BCUT2D eigenvalue weighted by atomic mass is 16.4. The average molecular weight is 225 g/mol. The van der Waals surface area contributed by atoms with Crippen LogP contribution < -0.4 is 0 Å². The zero-order valence-electron chi connectivity index (χ0n) is 10.5. The van der Waals surface area contributed by atoms with Gasteiger partial charge in [0.05, 0.1) is 6.42 Å². The molecule has 1 aliphatic rings. The predicted molar refractivity (Wildman–Crippen MR) is 64.9 cm³/mol. The van der Waals surface area contributed by atoms with Gasteiger partial charge in [-0.3, -0.25) is 4.79 Å². The van der Waals surface area contributed by atoms with Crippen molar-refractivity contribution >= 4 is 11.7 Å².